The fraction of sp³-hybridized carbons (Fsp3) is 0.462. The molecule has 0 heterocycles. The quantitative estimate of drug-likeness (QED) is 0.830. The molecule has 3 nitrogen and oxygen atoms in total. The molecule has 94 valence electrons. The number of carboxylic acid groups (broad SMARTS) is 1. The van der Waals surface area contributed by atoms with E-state index in [2.05, 4.69) is 6.92 Å². The molecule has 1 aromatic carbocycles. The van der Waals surface area contributed by atoms with Crippen LogP contribution in [0.1, 0.15) is 42.6 Å². The maximum atomic E-state index is 13.3. The Kier molecular flexibility index (Phi) is 5.10. The number of ether oxygens (including phenoxy) is 1. The van der Waals surface area contributed by atoms with E-state index >= 15 is 0 Å². The van der Waals surface area contributed by atoms with Crippen molar-refractivity contribution in [2.75, 3.05) is 0 Å². The van der Waals surface area contributed by atoms with Crippen LogP contribution in [0, 0.1) is 5.82 Å². The van der Waals surface area contributed by atoms with E-state index in [0.29, 0.717) is 12.2 Å². The van der Waals surface area contributed by atoms with Crippen LogP contribution in [0.4, 0.5) is 4.39 Å². The molecule has 0 aliphatic heterocycles. The summed E-state index contributed by atoms with van der Waals surface area (Å²) < 4.78 is 18.8. The third-order valence-corrected chi connectivity index (χ3v) is 2.49. The minimum absolute atomic E-state index is 0.127. The molecular formula is C13H17FO3. The van der Waals surface area contributed by atoms with Crippen LogP contribution < -0.4 is 0 Å². The van der Waals surface area contributed by atoms with Gasteiger partial charge in [0.1, 0.15) is 5.82 Å². The zero-order valence-electron chi connectivity index (χ0n) is 10.1. The number of rotatable bonds is 6. The van der Waals surface area contributed by atoms with Crippen LogP contribution in [0.25, 0.3) is 0 Å². The third kappa shape index (κ3) is 4.15. The predicted molar refractivity (Wildman–Crippen MR) is 62.5 cm³/mol. The molecule has 1 N–H and O–H groups in total. The second kappa shape index (κ2) is 6.35. The molecule has 1 rings (SSSR count). The lowest BCUT2D eigenvalue weighted by Crippen LogP contribution is -2.08. The average Bonchev–Trinajstić information content (AvgIpc) is 2.26. The summed E-state index contributed by atoms with van der Waals surface area (Å²) in [4.78, 5) is 10.6. The van der Waals surface area contributed by atoms with Crippen LogP contribution >= 0.6 is 0 Å². The number of aromatic carboxylic acids is 1. The van der Waals surface area contributed by atoms with E-state index in [1.54, 1.807) is 6.07 Å². The summed E-state index contributed by atoms with van der Waals surface area (Å²) in [5.41, 5.74) is 0.339. The molecule has 0 fully saturated rings. The lowest BCUT2D eigenvalue weighted by Gasteiger charge is -2.12. The molecule has 0 saturated carbocycles. The number of benzene rings is 1. The fourth-order valence-corrected chi connectivity index (χ4v) is 1.55. The Bertz CT molecular complexity index is 390. The van der Waals surface area contributed by atoms with E-state index in [0.717, 1.165) is 12.8 Å². The van der Waals surface area contributed by atoms with Crippen molar-refractivity contribution >= 4 is 5.97 Å². The molecule has 0 aliphatic carbocycles. The van der Waals surface area contributed by atoms with Gasteiger partial charge in [-0.3, -0.25) is 0 Å². The highest BCUT2D eigenvalue weighted by Crippen LogP contribution is 2.13. The average molecular weight is 240 g/mol. The Morgan fingerprint density at radius 2 is 2.24 bits per heavy atom. The molecule has 4 heteroatoms. The van der Waals surface area contributed by atoms with Gasteiger partial charge in [0, 0.05) is 0 Å². The lowest BCUT2D eigenvalue weighted by molar-refractivity contribution is 0.0469. The maximum Gasteiger partial charge on any atom is 0.338 e. The van der Waals surface area contributed by atoms with E-state index in [1.165, 1.54) is 12.1 Å². The minimum Gasteiger partial charge on any atom is -0.478 e. The van der Waals surface area contributed by atoms with Crippen molar-refractivity contribution in [3.8, 4) is 0 Å². The minimum atomic E-state index is -1.26. The zero-order valence-corrected chi connectivity index (χ0v) is 10.1. The summed E-state index contributed by atoms with van der Waals surface area (Å²) in [5, 5.41) is 8.67. The van der Waals surface area contributed by atoms with Crippen molar-refractivity contribution in [1.29, 1.82) is 0 Å². The first-order valence-electron chi connectivity index (χ1n) is 5.68. The van der Waals surface area contributed by atoms with Gasteiger partial charge in [0.05, 0.1) is 18.3 Å². The molecule has 1 aromatic rings. The first-order chi connectivity index (χ1) is 8.04. The summed E-state index contributed by atoms with van der Waals surface area (Å²) in [6.45, 7) is 4.34. The second-order valence-electron chi connectivity index (χ2n) is 4.03. The van der Waals surface area contributed by atoms with Crippen molar-refractivity contribution < 1.29 is 19.0 Å². The maximum absolute atomic E-state index is 13.3. The highest BCUT2D eigenvalue weighted by Gasteiger charge is 2.10. The van der Waals surface area contributed by atoms with Gasteiger partial charge in [0.2, 0.25) is 0 Å². The Morgan fingerprint density at radius 3 is 2.76 bits per heavy atom. The molecule has 0 saturated heterocycles. The van der Waals surface area contributed by atoms with E-state index in [4.69, 9.17) is 9.84 Å². The first kappa shape index (κ1) is 13.6. The van der Waals surface area contributed by atoms with Crippen LogP contribution in [0.5, 0.6) is 0 Å². The largest absolute Gasteiger partial charge is 0.478 e. The van der Waals surface area contributed by atoms with Crippen molar-refractivity contribution in [2.45, 2.75) is 39.4 Å². The molecule has 17 heavy (non-hydrogen) atoms. The molecule has 0 aromatic heterocycles. The lowest BCUT2D eigenvalue weighted by atomic mass is 10.1. The summed E-state index contributed by atoms with van der Waals surface area (Å²) in [6.07, 6.45) is 2.12. The Hall–Kier alpha value is -1.42. The highest BCUT2D eigenvalue weighted by molar-refractivity contribution is 5.87. The van der Waals surface area contributed by atoms with Crippen LogP contribution in [-0.2, 0) is 11.3 Å². The smallest absolute Gasteiger partial charge is 0.338 e. The highest BCUT2D eigenvalue weighted by atomic mass is 19.1. The number of halogens is 1. The van der Waals surface area contributed by atoms with Gasteiger partial charge in [-0.2, -0.15) is 0 Å². The standard InChI is InChI=1S/C13H17FO3/c1-3-4-9(2)17-8-10-5-6-11(13(15)16)12(14)7-10/h5-7,9H,3-4,8H2,1-2H3,(H,15,16). The van der Waals surface area contributed by atoms with Crippen molar-refractivity contribution in [3.05, 3.63) is 35.1 Å². The van der Waals surface area contributed by atoms with E-state index in [-0.39, 0.29) is 11.7 Å². The zero-order chi connectivity index (χ0) is 12.8. The summed E-state index contributed by atoms with van der Waals surface area (Å²) in [7, 11) is 0. The summed E-state index contributed by atoms with van der Waals surface area (Å²) >= 11 is 0. The van der Waals surface area contributed by atoms with E-state index in [1.807, 2.05) is 6.92 Å². The van der Waals surface area contributed by atoms with E-state index < -0.39 is 11.8 Å². The van der Waals surface area contributed by atoms with Gasteiger partial charge >= 0.3 is 5.97 Å². The Balaban J connectivity index is 2.62. The van der Waals surface area contributed by atoms with Gasteiger partial charge < -0.3 is 9.84 Å². The Morgan fingerprint density at radius 1 is 1.53 bits per heavy atom. The van der Waals surface area contributed by atoms with Crippen molar-refractivity contribution in [1.82, 2.24) is 0 Å². The molecule has 1 unspecified atom stereocenters. The van der Waals surface area contributed by atoms with Gasteiger partial charge in [-0.1, -0.05) is 19.4 Å². The van der Waals surface area contributed by atoms with Crippen LogP contribution in [0.3, 0.4) is 0 Å². The third-order valence-electron chi connectivity index (χ3n) is 2.49. The van der Waals surface area contributed by atoms with Crippen LogP contribution in [0.2, 0.25) is 0 Å². The van der Waals surface area contributed by atoms with Gasteiger partial charge in [0.25, 0.3) is 0 Å². The fourth-order valence-electron chi connectivity index (χ4n) is 1.55. The predicted octanol–water partition coefficient (Wildman–Crippen LogP) is 3.23. The second-order valence-corrected chi connectivity index (χ2v) is 4.03. The first-order valence-corrected chi connectivity index (χ1v) is 5.68. The van der Waals surface area contributed by atoms with Gasteiger partial charge in [0.15, 0.2) is 0 Å². The SMILES string of the molecule is CCCC(C)OCc1ccc(C(=O)O)c(F)c1. The normalized spacial score (nSPS) is 12.4. The van der Waals surface area contributed by atoms with Gasteiger partial charge in [-0.05, 0) is 31.0 Å². The van der Waals surface area contributed by atoms with Gasteiger partial charge in [-0.15, -0.1) is 0 Å². The molecular weight excluding hydrogens is 223 g/mol. The molecule has 0 radical (unpaired) electrons. The Labute approximate surface area is 100 Å². The van der Waals surface area contributed by atoms with Crippen molar-refractivity contribution in [3.63, 3.8) is 0 Å². The van der Waals surface area contributed by atoms with Crippen LogP contribution in [0.15, 0.2) is 18.2 Å². The van der Waals surface area contributed by atoms with Crippen molar-refractivity contribution in [2.24, 2.45) is 0 Å². The number of hydrogen-bond donors (Lipinski definition) is 1. The topological polar surface area (TPSA) is 46.5 Å². The summed E-state index contributed by atoms with van der Waals surface area (Å²) in [5.74, 6) is -1.98. The van der Waals surface area contributed by atoms with E-state index in [9.17, 15) is 9.18 Å². The van der Waals surface area contributed by atoms with Crippen LogP contribution in [-0.4, -0.2) is 17.2 Å². The molecule has 0 bridgehead atoms. The molecule has 0 spiro atoms. The molecule has 1 atom stereocenters. The summed E-state index contributed by atoms with van der Waals surface area (Å²) in [6, 6.07) is 4.05. The van der Waals surface area contributed by atoms with Gasteiger partial charge in [-0.25, -0.2) is 9.18 Å². The molecule has 0 amide bonds. The number of carboxylic acids is 1. The molecule has 0 aliphatic rings. The monoisotopic (exact) mass is 240 g/mol. The number of carbonyl (C=O) groups is 1. The number of hydrogen-bond acceptors (Lipinski definition) is 2.